The van der Waals surface area contributed by atoms with Gasteiger partial charge in [-0.25, -0.2) is 0 Å². The van der Waals surface area contributed by atoms with Crippen LogP contribution in [0.3, 0.4) is 0 Å². The Morgan fingerprint density at radius 2 is 0.492 bits per heavy atom. The number of thiophene rings is 1. The number of rotatable bonds is 6. The van der Waals surface area contributed by atoms with E-state index in [0.29, 0.717) is 0 Å². The standard InChI is InChI=1S/C64H40S/c1-4-20-41(21-5-1)44-38-45(42-22-6-2-7-23-42)40-46(39-44)60-49-28-12-16-32-53(49)62(54-33-17-13-29-50(54)60)56-35-19-37-58-64(56)63-55(34-18-36-57(63)65-58)61-51-30-14-10-26-47(51)59(43-24-8-3-9-25-43)48-27-11-15-31-52(48)61/h1-40H. The van der Waals surface area contributed by atoms with Crippen LogP contribution >= 0.6 is 11.3 Å². The quantitative estimate of drug-likeness (QED) is 0.146. The normalized spacial score (nSPS) is 11.7. The van der Waals surface area contributed by atoms with E-state index < -0.39 is 0 Å². The summed E-state index contributed by atoms with van der Waals surface area (Å²) < 4.78 is 2.58. The molecule has 0 fully saturated rings. The van der Waals surface area contributed by atoms with E-state index in [1.807, 2.05) is 11.3 Å². The van der Waals surface area contributed by atoms with Crippen molar-refractivity contribution in [2.75, 3.05) is 0 Å². The van der Waals surface area contributed by atoms with Gasteiger partial charge in [-0.2, -0.15) is 0 Å². The van der Waals surface area contributed by atoms with Crippen molar-refractivity contribution < 1.29 is 0 Å². The van der Waals surface area contributed by atoms with Gasteiger partial charge in [-0.3, -0.25) is 0 Å². The van der Waals surface area contributed by atoms with Gasteiger partial charge in [0, 0.05) is 20.2 Å². The van der Waals surface area contributed by atoms with E-state index in [2.05, 4.69) is 243 Å². The van der Waals surface area contributed by atoms with Crippen molar-refractivity contribution in [3.63, 3.8) is 0 Å². The molecule has 0 atom stereocenters. The van der Waals surface area contributed by atoms with Crippen LogP contribution < -0.4 is 0 Å². The highest BCUT2D eigenvalue weighted by Crippen LogP contribution is 2.52. The van der Waals surface area contributed by atoms with Crippen molar-refractivity contribution in [2.45, 2.75) is 0 Å². The molecule has 0 aliphatic heterocycles. The van der Waals surface area contributed by atoms with Crippen LogP contribution in [0.5, 0.6) is 0 Å². The summed E-state index contributed by atoms with van der Waals surface area (Å²) in [5.74, 6) is 0. The van der Waals surface area contributed by atoms with E-state index in [1.165, 1.54) is 130 Å². The van der Waals surface area contributed by atoms with Gasteiger partial charge in [-0.05, 0) is 140 Å². The van der Waals surface area contributed by atoms with Crippen LogP contribution in [-0.2, 0) is 0 Å². The predicted molar refractivity (Wildman–Crippen MR) is 282 cm³/mol. The Balaban J connectivity index is 1.12. The summed E-state index contributed by atoms with van der Waals surface area (Å²) in [7, 11) is 0. The number of hydrogen-bond acceptors (Lipinski definition) is 1. The van der Waals surface area contributed by atoms with Crippen molar-refractivity contribution in [1.82, 2.24) is 0 Å². The monoisotopic (exact) mass is 840 g/mol. The second kappa shape index (κ2) is 15.3. The molecular formula is C64H40S. The summed E-state index contributed by atoms with van der Waals surface area (Å²) >= 11 is 1.90. The number of benzene rings is 12. The van der Waals surface area contributed by atoms with Crippen molar-refractivity contribution in [3.05, 3.63) is 243 Å². The lowest BCUT2D eigenvalue weighted by molar-refractivity contribution is 1.58. The zero-order valence-corrected chi connectivity index (χ0v) is 36.3. The molecule has 0 aliphatic carbocycles. The van der Waals surface area contributed by atoms with Gasteiger partial charge in [0.25, 0.3) is 0 Å². The fourth-order valence-electron chi connectivity index (χ4n) is 10.7. The van der Waals surface area contributed by atoms with E-state index in [4.69, 9.17) is 0 Å². The maximum atomic E-state index is 2.40. The molecule has 0 saturated heterocycles. The smallest absolute Gasteiger partial charge is 0.0361 e. The zero-order valence-electron chi connectivity index (χ0n) is 35.5. The van der Waals surface area contributed by atoms with Crippen LogP contribution in [0.2, 0.25) is 0 Å². The summed E-state index contributed by atoms with van der Waals surface area (Å²) in [5, 5.41) is 12.7. The van der Waals surface area contributed by atoms with Crippen molar-refractivity contribution >= 4 is 74.6 Å². The van der Waals surface area contributed by atoms with Crippen molar-refractivity contribution in [2.24, 2.45) is 0 Å². The van der Waals surface area contributed by atoms with Crippen LogP contribution in [0, 0.1) is 0 Å². The van der Waals surface area contributed by atoms with Crippen molar-refractivity contribution in [1.29, 1.82) is 0 Å². The maximum Gasteiger partial charge on any atom is 0.0361 e. The first-order valence-electron chi connectivity index (χ1n) is 22.4. The van der Waals surface area contributed by atoms with Gasteiger partial charge in [-0.15, -0.1) is 11.3 Å². The first-order valence-corrected chi connectivity index (χ1v) is 23.2. The Morgan fingerprint density at radius 1 is 0.200 bits per heavy atom. The molecule has 0 nitrogen and oxygen atoms in total. The summed E-state index contributed by atoms with van der Waals surface area (Å²) in [6, 6.07) is 89.8. The highest BCUT2D eigenvalue weighted by molar-refractivity contribution is 7.26. The lowest BCUT2D eigenvalue weighted by Gasteiger charge is -2.20. The minimum absolute atomic E-state index is 1.21. The molecule has 0 bridgehead atoms. The Kier molecular flexibility index (Phi) is 8.82. The molecule has 302 valence electrons. The summed E-state index contributed by atoms with van der Waals surface area (Å²) in [5.41, 5.74) is 14.9. The van der Waals surface area contributed by atoms with E-state index in [0.717, 1.165) is 0 Å². The highest BCUT2D eigenvalue weighted by atomic mass is 32.1. The van der Waals surface area contributed by atoms with Gasteiger partial charge in [0.05, 0.1) is 0 Å². The molecule has 12 aromatic carbocycles. The van der Waals surface area contributed by atoms with Crippen LogP contribution in [0.15, 0.2) is 243 Å². The molecule has 65 heavy (non-hydrogen) atoms. The molecule has 0 N–H and O–H groups in total. The lowest BCUT2D eigenvalue weighted by atomic mass is 9.82. The van der Waals surface area contributed by atoms with E-state index >= 15 is 0 Å². The Morgan fingerprint density at radius 3 is 0.862 bits per heavy atom. The first-order chi connectivity index (χ1) is 32.3. The Bertz CT molecular complexity index is 3800. The topological polar surface area (TPSA) is 0 Å². The molecule has 1 heterocycles. The van der Waals surface area contributed by atoms with E-state index in [-0.39, 0.29) is 0 Å². The molecular weight excluding hydrogens is 801 g/mol. The summed E-state index contributed by atoms with van der Waals surface area (Å²) in [6.45, 7) is 0. The molecule has 0 saturated carbocycles. The average Bonchev–Trinajstić information content (AvgIpc) is 3.78. The molecule has 0 aliphatic rings. The molecule has 0 unspecified atom stereocenters. The van der Waals surface area contributed by atoms with Gasteiger partial charge < -0.3 is 0 Å². The van der Waals surface area contributed by atoms with Gasteiger partial charge in [0.2, 0.25) is 0 Å². The van der Waals surface area contributed by atoms with Gasteiger partial charge >= 0.3 is 0 Å². The SMILES string of the molecule is c1ccc(-c2cc(-c3ccccc3)cc(-c3c4ccccc4c(-c4cccc5sc6cccc(-c7c8ccccc8c(-c8ccccc8)c8ccccc78)c6c45)c4ccccc34)c2)cc1. The maximum absolute atomic E-state index is 2.40. The van der Waals surface area contributed by atoms with Gasteiger partial charge in [0.1, 0.15) is 0 Å². The Labute approximate surface area is 382 Å². The van der Waals surface area contributed by atoms with Gasteiger partial charge in [-0.1, -0.05) is 212 Å². The molecule has 1 aromatic heterocycles. The third-order valence-electron chi connectivity index (χ3n) is 13.4. The molecule has 0 spiro atoms. The minimum atomic E-state index is 1.21. The average molecular weight is 841 g/mol. The minimum Gasteiger partial charge on any atom is -0.135 e. The molecule has 0 radical (unpaired) electrons. The van der Waals surface area contributed by atoms with E-state index in [9.17, 15) is 0 Å². The molecule has 0 amide bonds. The largest absolute Gasteiger partial charge is 0.135 e. The molecule has 1 heteroatoms. The van der Waals surface area contributed by atoms with Crippen LogP contribution in [0.4, 0.5) is 0 Å². The van der Waals surface area contributed by atoms with Crippen LogP contribution in [-0.4, -0.2) is 0 Å². The molecule has 13 aromatic rings. The second-order valence-electron chi connectivity index (χ2n) is 17.0. The predicted octanol–water partition coefficient (Wildman–Crippen LogP) is 18.7. The fraction of sp³-hybridized carbons (Fsp3) is 0. The molecule has 13 rings (SSSR count). The highest BCUT2D eigenvalue weighted by Gasteiger charge is 2.24. The van der Waals surface area contributed by atoms with Crippen molar-refractivity contribution in [3.8, 4) is 66.8 Å². The van der Waals surface area contributed by atoms with Gasteiger partial charge in [0.15, 0.2) is 0 Å². The number of hydrogen-bond donors (Lipinski definition) is 0. The zero-order chi connectivity index (χ0) is 42.8. The second-order valence-corrected chi connectivity index (χ2v) is 18.1. The first kappa shape index (κ1) is 37.5. The van der Waals surface area contributed by atoms with E-state index in [1.54, 1.807) is 0 Å². The summed E-state index contributed by atoms with van der Waals surface area (Å²) in [4.78, 5) is 0. The van der Waals surface area contributed by atoms with Crippen LogP contribution in [0.25, 0.3) is 130 Å². The lowest BCUT2D eigenvalue weighted by Crippen LogP contribution is -1.93. The van der Waals surface area contributed by atoms with Crippen LogP contribution in [0.1, 0.15) is 0 Å². The third kappa shape index (κ3) is 6.05. The third-order valence-corrected chi connectivity index (χ3v) is 14.5. The fourth-order valence-corrected chi connectivity index (χ4v) is 11.9. The summed E-state index contributed by atoms with van der Waals surface area (Å²) in [6.07, 6.45) is 0. The number of fused-ring (bicyclic) bond motifs is 7. The Hall–Kier alpha value is -8.10.